The van der Waals surface area contributed by atoms with Crippen LogP contribution in [0, 0.1) is 0 Å². The van der Waals surface area contributed by atoms with Gasteiger partial charge in [-0.05, 0) is 25.5 Å². The molecule has 0 amide bonds. The molecule has 4 nitrogen and oxygen atoms in total. The summed E-state index contributed by atoms with van der Waals surface area (Å²) in [5.41, 5.74) is 0.778. The summed E-state index contributed by atoms with van der Waals surface area (Å²) < 4.78 is 0. The maximum absolute atomic E-state index is 9.16. The Labute approximate surface area is 93.5 Å². The molecule has 0 aliphatic heterocycles. The Bertz CT molecular complexity index is 341. The number of aliphatic hydroxyl groups is 1. The maximum Gasteiger partial charge on any atom is 0.189 e. The van der Waals surface area contributed by atoms with Gasteiger partial charge in [-0.25, -0.2) is 9.97 Å². The fraction of sp³-hybridized carbons (Fsp3) is 0.600. The average molecular weight is 225 g/mol. The zero-order valence-corrected chi connectivity index (χ0v) is 9.55. The van der Waals surface area contributed by atoms with Gasteiger partial charge < -0.3 is 10.4 Å². The van der Waals surface area contributed by atoms with Crippen LogP contribution in [-0.2, 0) is 6.61 Å². The monoisotopic (exact) mass is 225 g/mol. The van der Waals surface area contributed by atoms with Gasteiger partial charge in [-0.2, -0.15) is 0 Å². The first-order valence-electron chi connectivity index (χ1n) is 5.11. The molecule has 0 radical (unpaired) electrons. The van der Waals surface area contributed by atoms with Crippen LogP contribution in [0.3, 0.4) is 0 Å². The molecule has 2 N–H and O–H groups in total. The van der Waals surface area contributed by atoms with E-state index in [1.54, 1.807) is 6.20 Å². The summed E-state index contributed by atoms with van der Waals surface area (Å²) in [4.78, 5) is 8.50. The maximum atomic E-state index is 9.16. The van der Waals surface area contributed by atoms with Gasteiger partial charge in [0, 0.05) is 17.8 Å². The van der Waals surface area contributed by atoms with E-state index in [1.165, 1.54) is 31.0 Å². The van der Waals surface area contributed by atoms with Crippen molar-refractivity contribution in [1.82, 2.24) is 9.97 Å². The SMILES string of the molecule is CSc1ncc(CO)c(NC2CCC2)n1. The number of nitrogens with one attached hydrogen (secondary N) is 1. The zero-order chi connectivity index (χ0) is 10.7. The summed E-state index contributed by atoms with van der Waals surface area (Å²) in [6.07, 6.45) is 7.32. The number of anilines is 1. The molecule has 15 heavy (non-hydrogen) atoms. The minimum Gasteiger partial charge on any atom is -0.391 e. The Kier molecular flexibility index (Phi) is 3.43. The number of nitrogens with zero attached hydrogens (tertiary/aromatic N) is 2. The third-order valence-corrected chi connectivity index (χ3v) is 3.20. The lowest BCUT2D eigenvalue weighted by molar-refractivity contribution is 0.281. The lowest BCUT2D eigenvalue weighted by atomic mass is 9.93. The van der Waals surface area contributed by atoms with Crippen LogP contribution in [0.2, 0.25) is 0 Å². The molecule has 0 spiro atoms. The van der Waals surface area contributed by atoms with Crippen LogP contribution in [0.1, 0.15) is 24.8 Å². The van der Waals surface area contributed by atoms with Crippen molar-refractivity contribution in [3.63, 3.8) is 0 Å². The number of hydrogen-bond donors (Lipinski definition) is 2. The summed E-state index contributed by atoms with van der Waals surface area (Å²) in [7, 11) is 0. The van der Waals surface area contributed by atoms with Crippen LogP contribution in [0.15, 0.2) is 11.4 Å². The molecule has 1 fully saturated rings. The third-order valence-electron chi connectivity index (χ3n) is 2.64. The van der Waals surface area contributed by atoms with Gasteiger partial charge >= 0.3 is 0 Å². The predicted molar refractivity (Wildman–Crippen MR) is 61.0 cm³/mol. The Morgan fingerprint density at radius 2 is 2.40 bits per heavy atom. The second-order valence-corrected chi connectivity index (χ2v) is 4.43. The highest BCUT2D eigenvalue weighted by Gasteiger charge is 2.19. The van der Waals surface area contributed by atoms with Crippen molar-refractivity contribution in [2.24, 2.45) is 0 Å². The van der Waals surface area contributed by atoms with E-state index >= 15 is 0 Å². The molecule has 82 valence electrons. The van der Waals surface area contributed by atoms with E-state index in [0.717, 1.165) is 16.5 Å². The first kappa shape index (κ1) is 10.7. The van der Waals surface area contributed by atoms with Gasteiger partial charge in [-0.1, -0.05) is 11.8 Å². The van der Waals surface area contributed by atoms with E-state index in [2.05, 4.69) is 15.3 Å². The topological polar surface area (TPSA) is 58.0 Å². The summed E-state index contributed by atoms with van der Waals surface area (Å²) in [5, 5.41) is 13.3. The van der Waals surface area contributed by atoms with Gasteiger partial charge in [0.2, 0.25) is 0 Å². The smallest absolute Gasteiger partial charge is 0.189 e. The normalized spacial score (nSPS) is 16.1. The van der Waals surface area contributed by atoms with Crippen LogP contribution in [0.5, 0.6) is 0 Å². The largest absolute Gasteiger partial charge is 0.391 e. The quantitative estimate of drug-likeness (QED) is 0.603. The average Bonchev–Trinajstić information content (AvgIpc) is 2.23. The van der Waals surface area contributed by atoms with Gasteiger partial charge in [0.1, 0.15) is 5.82 Å². The van der Waals surface area contributed by atoms with Crippen molar-refractivity contribution in [3.05, 3.63) is 11.8 Å². The van der Waals surface area contributed by atoms with Gasteiger partial charge in [0.15, 0.2) is 5.16 Å². The molecule has 0 unspecified atom stereocenters. The molecule has 0 bridgehead atoms. The highest BCUT2D eigenvalue weighted by atomic mass is 32.2. The van der Waals surface area contributed by atoms with E-state index < -0.39 is 0 Å². The lowest BCUT2D eigenvalue weighted by Crippen LogP contribution is -2.28. The van der Waals surface area contributed by atoms with Gasteiger partial charge in [-0.3, -0.25) is 0 Å². The first-order valence-corrected chi connectivity index (χ1v) is 6.33. The van der Waals surface area contributed by atoms with Gasteiger partial charge in [-0.15, -0.1) is 0 Å². The van der Waals surface area contributed by atoms with Crippen molar-refractivity contribution in [2.45, 2.75) is 37.1 Å². The first-order chi connectivity index (χ1) is 7.33. The van der Waals surface area contributed by atoms with E-state index in [1.807, 2.05) is 6.26 Å². The molecule has 0 saturated heterocycles. The molecule has 1 saturated carbocycles. The molecular weight excluding hydrogens is 210 g/mol. The highest BCUT2D eigenvalue weighted by molar-refractivity contribution is 7.98. The van der Waals surface area contributed by atoms with Crippen LogP contribution < -0.4 is 5.32 Å². The fourth-order valence-corrected chi connectivity index (χ4v) is 1.82. The predicted octanol–water partition coefficient (Wildman–Crippen LogP) is 1.66. The summed E-state index contributed by atoms with van der Waals surface area (Å²) in [5.74, 6) is 0.793. The van der Waals surface area contributed by atoms with E-state index in [0.29, 0.717) is 6.04 Å². The van der Waals surface area contributed by atoms with Crippen LogP contribution >= 0.6 is 11.8 Å². The number of rotatable bonds is 4. The molecule has 1 aromatic rings. The number of aliphatic hydroxyl groups excluding tert-OH is 1. The number of aromatic nitrogens is 2. The van der Waals surface area contributed by atoms with Crippen molar-refractivity contribution in [2.75, 3.05) is 11.6 Å². The second-order valence-electron chi connectivity index (χ2n) is 3.66. The highest BCUT2D eigenvalue weighted by Crippen LogP contribution is 2.25. The minimum absolute atomic E-state index is 0.0102. The summed E-state index contributed by atoms with van der Waals surface area (Å²) >= 11 is 1.51. The molecule has 0 atom stereocenters. The minimum atomic E-state index is -0.0102. The Morgan fingerprint density at radius 3 is 2.93 bits per heavy atom. The molecular formula is C10H15N3OS. The van der Waals surface area contributed by atoms with Crippen molar-refractivity contribution < 1.29 is 5.11 Å². The molecule has 1 aliphatic carbocycles. The number of thioether (sulfide) groups is 1. The van der Waals surface area contributed by atoms with E-state index in [-0.39, 0.29) is 6.61 Å². The van der Waals surface area contributed by atoms with Gasteiger partial charge in [0.25, 0.3) is 0 Å². The van der Waals surface area contributed by atoms with Crippen LogP contribution in [0.25, 0.3) is 0 Å². The third kappa shape index (κ3) is 2.41. The Hall–Kier alpha value is -0.810. The van der Waals surface area contributed by atoms with E-state index in [4.69, 9.17) is 5.11 Å². The molecule has 0 aromatic carbocycles. The molecule has 1 aromatic heterocycles. The lowest BCUT2D eigenvalue weighted by Gasteiger charge is -2.27. The Morgan fingerprint density at radius 1 is 1.60 bits per heavy atom. The van der Waals surface area contributed by atoms with E-state index in [9.17, 15) is 0 Å². The fourth-order valence-electron chi connectivity index (χ4n) is 1.48. The Balaban J connectivity index is 2.16. The molecule has 2 rings (SSSR count). The molecule has 1 heterocycles. The standard InChI is InChI=1S/C10H15N3OS/c1-15-10-11-5-7(6-14)9(13-10)12-8-3-2-4-8/h5,8,14H,2-4,6H2,1H3,(H,11,12,13). The van der Waals surface area contributed by atoms with Gasteiger partial charge in [0.05, 0.1) is 6.61 Å². The van der Waals surface area contributed by atoms with Crippen molar-refractivity contribution >= 4 is 17.6 Å². The molecule has 1 aliphatic rings. The van der Waals surface area contributed by atoms with Crippen LogP contribution in [0.4, 0.5) is 5.82 Å². The molecule has 5 heteroatoms. The summed E-state index contributed by atoms with van der Waals surface area (Å²) in [6, 6.07) is 0.528. The zero-order valence-electron chi connectivity index (χ0n) is 8.73. The van der Waals surface area contributed by atoms with Crippen LogP contribution in [-0.4, -0.2) is 27.4 Å². The van der Waals surface area contributed by atoms with Crippen molar-refractivity contribution in [1.29, 1.82) is 0 Å². The van der Waals surface area contributed by atoms with Crippen molar-refractivity contribution in [3.8, 4) is 0 Å². The summed E-state index contributed by atoms with van der Waals surface area (Å²) in [6.45, 7) is -0.0102. The second kappa shape index (κ2) is 4.81. The number of hydrogen-bond acceptors (Lipinski definition) is 5.